The number of fused-ring (bicyclic) bond motifs is 1. The zero-order chi connectivity index (χ0) is 21.2. The van der Waals surface area contributed by atoms with Crippen molar-refractivity contribution >= 4 is 16.7 Å². The Balaban J connectivity index is 1.56. The Kier molecular flexibility index (Phi) is 4.82. The third kappa shape index (κ3) is 3.60. The number of aromatic nitrogens is 3. The van der Waals surface area contributed by atoms with E-state index in [-0.39, 0.29) is 6.61 Å². The van der Waals surface area contributed by atoms with Crippen molar-refractivity contribution in [2.75, 3.05) is 5.73 Å². The van der Waals surface area contributed by atoms with Crippen LogP contribution >= 0.6 is 0 Å². The molecule has 3 aromatic carbocycles. The summed E-state index contributed by atoms with van der Waals surface area (Å²) in [6.45, 7) is -0.000343. The topological polar surface area (TPSA) is 86.2 Å². The fourth-order valence-corrected chi connectivity index (χ4v) is 3.54. The van der Waals surface area contributed by atoms with Crippen molar-refractivity contribution in [3.63, 3.8) is 0 Å². The molecule has 0 spiro atoms. The van der Waals surface area contributed by atoms with E-state index in [1.807, 2.05) is 89.6 Å². The first-order valence-corrected chi connectivity index (χ1v) is 9.89. The van der Waals surface area contributed by atoms with Crippen molar-refractivity contribution < 1.29 is 9.84 Å². The van der Waals surface area contributed by atoms with Crippen LogP contribution in [0.2, 0.25) is 0 Å². The molecule has 0 fully saturated rings. The molecule has 5 aromatic rings. The van der Waals surface area contributed by atoms with Crippen LogP contribution in [0.25, 0.3) is 27.8 Å². The number of para-hydroxylation sites is 1. The summed E-state index contributed by atoms with van der Waals surface area (Å²) in [6.07, 6.45) is 1.68. The summed E-state index contributed by atoms with van der Waals surface area (Å²) in [5.41, 5.74) is 10.5. The minimum atomic E-state index is -0.000343. The van der Waals surface area contributed by atoms with Crippen LogP contribution < -0.4 is 10.5 Å². The van der Waals surface area contributed by atoms with Crippen LogP contribution in [0, 0.1) is 0 Å². The second-order valence-electron chi connectivity index (χ2n) is 7.11. The zero-order valence-corrected chi connectivity index (χ0v) is 16.6. The fraction of sp³-hybridized carbons (Fsp3) is 0.0400. The summed E-state index contributed by atoms with van der Waals surface area (Å²) in [5.74, 6) is 1.95. The third-order valence-corrected chi connectivity index (χ3v) is 5.09. The molecule has 0 radical (unpaired) electrons. The molecule has 6 heteroatoms. The molecule has 152 valence electrons. The first-order chi connectivity index (χ1) is 15.2. The standard InChI is InChI=1S/C25H20N4O2/c26-25-23-22(14-15-27-25)29(19-10-6-17(16-30)7-11-19)28-24(23)18-8-12-21(13-9-18)31-20-4-2-1-3-5-20/h1-15,30H,16H2,(H2,26,27). The molecule has 0 saturated carbocycles. The highest BCUT2D eigenvalue weighted by Gasteiger charge is 2.17. The van der Waals surface area contributed by atoms with E-state index in [9.17, 15) is 5.11 Å². The Morgan fingerprint density at radius 2 is 1.55 bits per heavy atom. The zero-order valence-electron chi connectivity index (χ0n) is 16.6. The fourth-order valence-electron chi connectivity index (χ4n) is 3.54. The molecule has 0 aliphatic carbocycles. The molecule has 3 N–H and O–H groups in total. The van der Waals surface area contributed by atoms with E-state index in [1.54, 1.807) is 6.20 Å². The van der Waals surface area contributed by atoms with Gasteiger partial charge in [-0.25, -0.2) is 9.67 Å². The molecule has 0 unspecified atom stereocenters. The molecule has 0 aliphatic heterocycles. The lowest BCUT2D eigenvalue weighted by atomic mass is 10.1. The van der Waals surface area contributed by atoms with Gasteiger partial charge in [0.1, 0.15) is 23.0 Å². The molecule has 0 atom stereocenters. The van der Waals surface area contributed by atoms with Crippen molar-refractivity contribution in [3.8, 4) is 28.4 Å². The quantitative estimate of drug-likeness (QED) is 0.429. The normalized spacial score (nSPS) is 11.0. The lowest BCUT2D eigenvalue weighted by molar-refractivity contribution is 0.282. The first-order valence-electron chi connectivity index (χ1n) is 9.89. The lowest BCUT2D eigenvalue weighted by Crippen LogP contribution is -1.97. The van der Waals surface area contributed by atoms with Crippen LogP contribution in [0.5, 0.6) is 11.5 Å². The minimum absolute atomic E-state index is 0.000343. The Labute approximate surface area is 179 Å². The number of nitrogen functional groups attached to an aromatic ring is 1. The second kappa shape index (κ2) is 7.93. The highest BCUT2D eigenvalue weighted by molar-refractivity contribution is 6.00. The second-order valence-corrected chi connectivity index (χ2v) is 7.11. The molecular formula is C25H20N4O2. The third-order valence-electron chi connectivity index (χ3n) is 5.09. The van der Waals surface area contributed by atoms with E-state index in [0.717, 1.165) is 44.9 Å². The molecule has 6 nitrogen and oxygen atoms in total. The lowest BCUT2D eigenvalue weighted by Gasteiger charge is -2.06. The minimum Gasteiger partial charge on any atom is -0.457 e. The summed E-state index contributed by atoms with van der Waals surface area (Å²) >= 11 is 0. The predicted molar refractivity (Wildman–Crippen MR) is 121 cm³/mol. The number of aliphatic hydroxyl groups excluding tert-OH is 1. The Bertz CT molecular complexity index is 1330. The molecule has 2 heterocycles. The van der Waals surface area contributed by atoms with E-state index in [0.29, 0.717) is 5.82 Å². The van der Waals surface area contributed by atoms with Crippen LogP contribution in [0.4, 0.5) is 5.82 Å². The number of hydrogen-bond donors (Lipinski definition) is 2. The van der Waals surface area contributed by atoms with Gasteiger partial charge < -0.3 is 15.6 Å². The summed E-state index contributed by atoms with van der Waals surface area (Å²) in [4.78, 5) is 4.27. The Morgan fingerprint density at radius 1 is 0.839 bits per heavy atom. The number of aliphatic hydroxyl groups is 1. The molecule has 0 aliphatic rings. The first kappa shape index (κ1) is 18.8. The number of nitrogens with zero attached hydrogens (tertiary/aromatic N) is 3. The van der Waals surface area contributed by atoms with Gasteiger partial charge in [-0.3, -0.25) is 0 Å². The molecular weight excluding hydrogens is 388 g/mol. The maximum atomic E-state index is 9.32. The van der Waals surface area contributed by atoms with Crippen LogP contribution in [0.15, 0.2) is 91.1 Å². The summed E-state index contributed by atoms with van der Waals surface area (Å²) in [6, 6.07) is 26.9. The largest absolute Gasteiger partial charge is 0.457 e. The number of rotatable bonds is 5. The molecule has 0 amide bonds. The summed E-state index contributed by atoms with van der Waals surface area (Å²) in [5, 5.41) is 15.0. The highest BCUT2D eigenvalue weighted by Crippen LogP contribution is 2.34. The number of hydrogen-bond acceptors (Lipinski definition) is 5. The summed E-state index contributed by atoms with van der Waals surface area (Å²) < 4.78 is 7.74. The van der Waals surface area contributed by atoms with Gasteiger partial charge >= 0.3 is 0 Å². The Hall–Kier alpha value is -4.16. The van der Waals surface area contributed by atoms with Crippen molar-refractivity contribution in [1.82, 2.24) is 14.8 Å². The number of benzene rings is 3. The van der Waals surface area contributed by atoms with Gasteiger partial charge in [0, 0.05) is 11.8 Å². The maximum Gasteiger partial charge on any atom is 0.135 e. The molecule has 0 bridgehead atoms. The highest BCUT2D eigenvalue weighted by atomic mass is 16.5. The van der Waals surface area contributed by atoms with Crippen molar-refractivity contribution in [1.29, 1.82) is 0 Å². The van der Waals surface area contributed by atoms with Gasteiger partial charge in [0.25, 0.3) is 0 Å². The summed E-state index contributed by atoms with van der Waals surface area (Å²) in [7, 11) is 0. The molecule has 0 saturated heterocycles. The predicted octanol–water partition coefficient (Wildman–Crippen LogP) is 4.95. The SMILES string of the molecule is Nc1nccc2c1c(-c1ccc(Oc3ccccc3)cc1)nn2-c1ccc(CO)cc1. The van der Waals surface area contributed by atoms with Gasteiger partial charge in [-0.15, -0.1) is 0 Å². The van der Waals surface area contributed by atoms with Crippen LogP contribution in [0.1, 0.15) is 5.56 Å². The average molecular weight is 408 g/mol. The van der Waals surface area contributed by atoms with Gasteiger partial charge in [0.05, 0.1) is 23.2 Å². The van der Waals surface area contributed by atoms with Gasteiger partial charge in [-0.05, 0) is 60.2 Å². The van der Waals surface area contributed by atoms with Gasteiger partial charge in [-0.1, -0.05) is 30.3 Å². The van der Waals surface area contributed by atoms with Crippen molar-refractivity contribution in [3.05, 3.63) is 96.7 Å². The van der Waals surface area contributed by atoms with Crippen LogP contribution in [0.3, 0.4) is 0 Å². The van der Waals surface area contributed by atoms with Crippen LogP contribution in [-0.2, 0) is 6.61 Å². The number of nitrogens with two attached hydrogens (primary N) is 1. The molecule has 31 heavy (non-hydrogen) atoms. The smallest absolute Gasteiger partial charge is 0.135 e. The van der Waals surface area contributed by atoms with Crippen LogP contribution in [-0.4, -0.2) is 19.9 Å². The molecule has 5 rings (SSSR count). The Morgan fingerprint density at radius 3 is 2.26 bits per heavy atom. The van der Waals surface area contributed by atoms with E-state index in [2.05, 4.69) is 4.98 Å². The van der Waals surface area contributed by atoms with Gasteiger partial charge in [0.2, 0.25) is 0 Å². The number of pyridine rings is 1. The maximum absolute atomic E-state index is 9.32. The van der Waals surface area contributed by atoms with E-state index in [4.69, 9.17) is 15.6 Å². The van der Waals surface area contributed by atoms with Gasteiger partial charge in [0.15, 0.2) is 0 Å². The average Bonchev–Trinajstić information content (AvgIpc) is 3.21. The monoisotopic (exact) mass is 408 g/mol. The van der Waals surface area contributed by atoms with E-state index >= 15 is 0 Å². The number of ether oxygens (including phenoxy) is 1. The van der Waals surface area contributed by atoms with Gasteiger partial charge in [-0.2, -0.15) is 5.10 Å². The van der Waals surface area contributed by atoms with Crippen molar-refractivity contribution in [2.45, 2.75) is 6.61 Å². The van der Waals surface area contributed by atoms with Crippen molar-refractivity contribution in [2.24, 2.45) is 0 Å². The van der Waals surface area contributed by atoms with E-state index in [1.165, 1.54) is 0 Å². The van der Waals surface area contributed by atoms with E-state index < -0.39 is 0 Å². The molecule has 2 aromatic heterocycles. The number of anilines is 1.